The van der Waals surface area contributed by atoms with E-state index in [4.69, 9.17) is 0 Å². The fraction of sp³-hybridized carbons (Fsp3) is 0.333. The van der Waals surface area contributed by atoms with Gasteiger partial charge in [0.2, 0.25) is 0 Å². The van der Waals surface area contributed by atoms with E-state index >= 15 is 0 Å². The molecule has 2 heterocycles. The number of nitrogens with zero attached hydrogens (tertiary/aromatic N) is 2. The van der Waals surface area contributed by atoms with E-state index in [2.05, 4.69) is 27.5 Å². The van der Waals surface area contributed by atoms with Crippen LogP contribution in [0.3, 0.4) is 0 Å². The van der Waals surface area contributed by atoms with Crippen LogP contribution < -0.4 is 10.6 Å². The molecule has 19 heavy (non-hydrogen) atoms. The van der Waals surface area contributed by atoms with Crippen LogP contribution in [0.4, 0.5) is 11.5 Å². The summed E-state index contributed by atoms with van der Waals surface area (Å²) in [6.07, 6.45) is 2.90. The Hall–Kier alpha value is -2.10. The predicted octanol–water partition coefficient (Wildman–Crippen LogP) is 3.22. The number of aryl methyl sites for hydroxylation is 1. The maximum Gasteiger partial charge on any atom is 0.127 e. The Balaban J connectivity index is 1.95. The second-order valence-corrected chi connectivity index (χ2v) is 4.48. The van der Waals surface area contributed by atoms with Crippen molar-refractivity contribution in [2.75, 3.05) is 17.2 Å². The van der Waals surface area contributed by atoms with Crippen molar-refractivity contribution in [3.8, 4) is 0 Å². The van der Waals surface area contributed by atoms with Gasteiger partial charge in [-0.25, -0.2) is 4.98 Å². The highest BCUT2D eigenvalue weighted by molar-refractivity contribution is 5.51. The van der Waals surface area contributed by atoms with Gasteiger partial charge < -0.3 is 10.6 Å². The Morgan fingerprint density at radius 1 is 1.16 bits per heavy atom. The summed E-state index contributed by atoms with van der Waals surface area (Å²) in [6, 6.07) is 10.0. The molecule has 4 heteroatoms. The summed E-state index contributed by atoms with van der Waals surface area (Å²) in [6.45, 7) is 5.80. The molecule has 0 saturated carbocycles. The predicted molar refractivity (Wildman–Crippen MR) is 79.3 cm³/mol. The molecule has 0 aliphatic carbocycles. The van der Waals surface area contributed by atoms with Gasteiger partial charge in [0.1, 0.15) is 5.82 Å². The highest BCUT2D eigenvalue weighted by Gasteiger charge is 1.98. The van der Waals surface area contributed by atoms with Crippen molar-refractivity contribution in [2.45, 2.75) is 26.8 Å². The highest BCUT2D eigenvalue weighted by atomic mass is 15.0. The highest BCUT2D eigenvalue weighted by Crippen LogP contribution is 2.13. The Morgan fingerprint density at radius 3 is 2.84 bits per heavy atom. The van der Waals surface area contributed by atoms with E-state index in [-0.39, 0.29) is 0 Å². The first-order valence-corrected chi connectivity index (χ1v) is 6.64. The summed E-state index contributed by atoms with van der Waals surface area (Å²) in [5, 5.41) is 6.64. The topological polar surface area (TPSA) is 49.8 Å². The zero-order valence-electron chi connectivity index (χ0n) is 11.5. The van der Waals surface area contributed by atoms with Crippen molar-refractivity contribution in [1.29, 1.82) is 0 Å². The van der Waals surface area contributed by atoms with Crippen molar-refractivity contribution in [3.05, 3.63) is 47.9 Å². The molecule has 0 aromatic carbocycles. The molecule has 0 atom stereocenters. The summed E-state index contributed by atoms with van der Waals surface area (Å²) >= 11 is 0. The molecule has 0 amide bonds. The zero-order valence-corrected chi connectivity index (χ0v) is 11.5. The third-order valence-electron chi connectivity index (χ3n) is 2.74. The largest absolute Gasteiger partial charge is 0.379 e. The number of anilines is 2. The van der Waals surface area contributed by atoms with Gasteiger partial charge in [0.05, 0.1) is 12.2 Å². The lowest BCUT2D eigenvalue weighted by molar-refractivity contribution is 0.968. The Morgan fingerprint density at radius 2 is 2.05 bits per heavy atom. The molecular formula is C15H20N4. The van der Waals surface area contributed by atoms with E-state index < -0.39 is 0 Å². The van der Waals surface area contributed by atoms with Crippen molar-refractivity contribution in [2.24, 2.45) is 0 Å². The van der Waals surface area contributed by atoms with E-state index in [9.17, 15) is 0 Å². The van der Waals surface area contributed by atoms with Crippen molar-refractivity contribution in [3.63, 3.8) is 0 Å². The SMILES string of the molecule is CCCNc1cc(NCc2cccc(C)n2)ccn1. The van der Waals surface area contributed by atoms with E-state index in [1.807, 2.05) is 43.5 Å². The molecule has 0 unspecified atom stereocenters. The molecular weight excluding hydrogens is 236 g/mol. The number of hydrogen-bond acceptors (Lipinski definition) is 4. The van der Waals surface area contributed by atoms with Crippen LogP contribution in [0.25, 0.3) is 0 Å². The van der Waals surface area contributed by atoms with E-state index in [0.717, 1.165) is 42.4 Å². The summed E-state index contributed by atoms with van der Waals surface area (Å²) in [5.74, 6) is 0.907. The molecule has 2 rings (SSSR count). The first-order valence-electron chi connectivity index (χ1n) is 6.64. The molecule has 0 aliphatic rings. The first kappa shape index (κ1) is 13.3. The average molecular weight is 256 g/mol. The second-order valence-electron chi connectivity index (χ2n) is 4.48. The van der Waals surface area contributed by atoms with Crippen LogP contribution in [-0.2, 0) is 6.54 Å². The number of hydrogen-bond donors (Lipinski definition) is 2. The van der Waals surface area contributed by atoms with Gasteiger partial charge in [-0.2, -0.15) is 0 Å². The Bertz CT molecular complexity index is 525. The summed E-state index contributed by atoms with van der Waals surface area (Å²) in [7, 11) is 0. The quantitative estimate of drug-likeness (QED) is 0.833. The Kier molecular flexibility index (Phi) is 4.72. The molecule has 0 saturated heterocycles. The van der Waals surface area contributed by atoms with Gasteiger partial charge in [0, 0.05) is 30.2 Å². The molecule has 100 valence electrons. The van der Waals surface area contributed by atoms with E-state index in [1.165, 1.54) is 0 Å². The fourth-order valence-electron chi connectivity index (χ4n) is 1.78. The number of aromatic nitrogens is 2. The van der Waals surface area contributed by atoms with E-state index in [0.29, 0.717) is 0 Å². The molecule has 2 aromatic rings. The van der Waals surface area contributed by atoms with Crippen LogP contribution in [0.2, 0.25) is 0 Å². The molecule has 0 radical (unpaired) electrons. The minimum atomic E-state index is 0.721. The van der Waals surface area contributed by atoms with Crippen LogP contribution in [-0.4, -0.2) is 16.5 Å². The molecule has 0 fully saturated rings. The van der Waals surface area contributed by atoms with Gasteiger partial charge in [-0.05, 0) is 31.5 Å². The van der Waals surface area contributed by atoms with Crippen LogP contribution in [0.15, 0.2) is 36.5 Å². The lowest BCUT2D eigenvalue weighted by atomic mass is 10.3. The third kappa shape index (κ3) is 4.25. The fourth-order valence-corrected chi connectivity index (χ4v) is 1.78. The van der Waals surface area contributed by atoms with Crippen LogP contribution >= 0.6 is 0 Å². The van der Waals surface area contributed by atoms with Crippen molar-refractivity contribution in [1.82, 2.24) is 9.97 Å². The number of nitrogens with one attached hydrogen (secondary N) is 2. The van der Waals surface area contributed by atoms with Gasteiger partial charge in [-0.1, -0.05) is 13.0 Å². The van der Waals surface area contributed by atoms with Crippen LogP contribution in [0.1, 0.15) is 24.7 Å². The third-order valence-corrected chi connectivity index (χ3v) is 2.74. The lowest BCUT2D eigenvalue weighted by Crippen LogP contribution is -2.05. The minimum Gasteiger partial charge on any atom is -0.379 e. The lowest BCUT2D eigenvalue weighted by Gasteiger charge is -2.09. The standard InChI is InChI=1S/C15H20N4/c1-3-8-16-15-10-13(7-9-17-15)18-11-14-6-4-5-12(2)19-14/h4-7,9-10H,3,8,11H2,1-2H3,(H2,16,17,18). The average Bonchev–Trinajstić information content (AvgIpc) is 2.43. The smallest absolute Gasteiger partial charge is 0.127 e. The molecule has 2 aromatic heterocycles. The second kappa shape index (κ2) is 6.73. The van der Waals surface area contributed by atoms with Gasteiger partial charge >= 0.3 is 0 Å². The van der Waals surface area contributed by atoms with Crippen LogP contribution in [0, 0.1) is 6.92 Å². The summed E-state index contributed by atoms with van der Waals surface area (Å²) in [4.78, 5) is 8.75. The molecule has 0 aliphatic heterocycles. The Labute approximate surface area is 114 Å². The molecule has 0 bridgehead atoms. The first-order chi connectivity index (χ1) is 9.28. The summed E-state index contributed by atoms with van der Waals surface area (Å²) in [5.41, 5.74) is 3.14. The minimum absolute atomic E-state index is 0.721. The normalized spacial score (nSPS) is 10.2. The number of pyridine rings is 2. The van der Waals surface area contributed by atoms with Gasteiger partial charge in [0.15, 0.2) is 0 Å². The maximum absolute atomic E-state index is 4.47. The summed E-state index contributed by atoms with van der Waals surface area (Å²) < 4.78 is 0. The van der Waals surface area contributed by atoms with Gasteiger partial charge in [-0.3, -0.25) is 4.98 Å². The molecule has 4 nitrogen and oxygen atoms in total. The van der Waals surface area contributed by atoms with Crippen molar-refractivity contribution >= 4 is 11.5 Å². The van der Waals surface area contributed by atoms with Gasteiger partial charge in [0.25, 0.3) is 0 Å². The van der Waals surface area contributed by atoms with E-state index in [1.54, 1.807) is 0 Å². The number of rotatable bonds is 6. The molecule has 0 spiro atoms. The van der Waals surface area contributed by atoms with Crippen molar-refractivity contribution < 1.29 is 0 Å². The van der Waals surface area contributed by atoms with Crippen LogP contribution in [0.5, 0.6) is 0 Å². The van der Waals surface area contributed by atoms with Gasteiger partial charge in [-0.15, -0.1) is 0 Å². The zero-order chi connectivity index (χ0) is 13.5. The maximum atomic E-state index is 4.47. The monoisotopic (exact) mass is 256 g/mol. The molecule has 2 N–H and O–H groups in total.